The molecule has 0 spiro atoms. The van der Waals surface area contributed by atoms with E-state index in [9.17, 15) is 9.90 Å². The maximum absolute atomic E-state index is 11.3. The molecule has 5 nitrogen and oxygen atoms in total. The van der Waals surface area contributed by atoms with Crippen LogP contribution in [0.2, 0.25) is 15.1 Å². The van der Waals surface area contributed by atoms with Crippen LogP contribution in [-0.4, -0.2) is 16.2 Å². The van der Waals surface area contributed by atoms with Gasteiger partial charge in [-0.1, -0.05) is 78.1 Å². The first kappa shape index (κ1) is 25.7. The molecule has 1 N–H and O–H groups in total. The molecule has 1 fully saturated rings. The van der Waals surface area contributed by atoms with Gasteiger partial charge in [0.25, 0.3) is 0 Å². The van der Waals surface area contributed by atoms with Gasteiger partial charge in [0.2, 0.25) is 0 Å². The van der Waals surface area contributed by atoms with Crippen LogP contribution in [-0.2, 0) is 6.61 Å². The number of benzene rings is 3. The van der Waals surface area contributed by atoms with Crippen molar-refractivity contribution >= 4 is 40.8 Å². The van der Waals surface area contributed by atoms with Crippen molar-refractivity contribution in [3.05, 3.63) is 104 Å². The summed E-state index contributed by atoms with van der Waals surface area (Å²) >= 11 is 19.6. The summed E-state index contributed by atoms with van der Waals surface area (Å²) in [6, 6.07) is 18.1. The second-order valence-electron chi connectivity index (χ2n) is 9.48. The van der Waals surface area contributed by atoms with Crippen molar-refractivity contribution in [3.8, 4) is 17.0 Å². The molecule has 0 radical (unpaired) electrons. The number of carboxylic acids is 1. The van der Waals surface area contributed by atoms with E-state index < -0.39 is 5.97 Å². The summed E-state index contributed by atoms with van der Waals surface area (Å²) in [5.41, 5.74) is 4.29. The zero-order valence-corrected chi connectivity index (χ0v) is 22.4. The normalized spacial score (nSPS) is 16.7. The summed E-state index contributed by atoms with van der Waals surface area (Å²) in [7, 11) is 0. The summed E-state index contributed by atoms with van der Waals surface area (Å²) in [5, 5.41) is 15.1. The average Bonchev–Trinajstić information content (AvgIpc) is 3.54. The van der Waals surface area contributed by atoms with E-state index >= 15 is 0 Å². The molecule has 190 valence electrons. The molecule has 8 heteroatoms. The summed E-state index contributed by atoms with van der Waals surface area (Å²) in [4.78, 5) is 11.3. The second kappa shape index (κ2) is 10.4. The van der Waals surface area contributed by atoms with E-state index in [-0.39, 0.29) is 24.4 Å². The number of aromatic nitrogens is 1. The highest BCUT2D eigenvalue weighted by atomic mass is 35.5. The first-order chi connectivity index (χ1) is 17.7. The van der Waals surface area contributed by atoms with E-state index in [1.54, 1.807) is 36.4 Å². The van der Waals surface area contributed by atoms with Gasteiger partial charge in [0.05, 0.1) is 21.2 Å². The van der Waals surface area contributed by atoms with E-state index in [0.717, 1.165) is 23.1 Å². The average molecular weight is 557 g/mol. The summed E-state index contributed by atoms with van der Waals surface area (Å²) in [6.07, 6.45) is 0.920. The Bertz CT molecular complexity index is 1460. The Morgan fingerprint density at radius 1 is 1.03 bits per heavy atom. The van der Waals surface area contributed by atoms with E-state index in [2.05, 4.69) is 5.16 Å². The topological polar surface area (TPSA) is 72.6 Å². The van der Waals surface area contributed by atoms with Gasteiger partial charge in [-0.25, -0.2) is 4.79 Å². The lowest BCUT2D eigenvalue weighted by molar-refractivity contribution is 0.0696. The van der Waals surface area contributed by atoms with Gasteiger partial charge in [0.15, 0.2) is 0 Å². The predicted molar refractivity (Wildman–Crippen MR) is 145 cm³/mol. The van der Waals surface area contributed by atoms with Crippen molar-refractivity contribution in [2.45, 2.75) is 44.6 Å². The van der Waals surface area contributed by atoms with Gasteiger partial charge in [-0.15, -0.1) is 0 Å². The molecule has 3 aromatic carbocycles. The minimum atomic E-state index is -0.924. The molecule has 0 amide bonds. The van der Waals surface area contributed by atoms with Crippen LogP contribution in [0.15, 0.2) is 65.2 Å². The third-order valence-corrected chi connectivity index (χ3v) is 7.61. The molecule has 5 rings (SSSR count). The van der Waals surface area contributed by atoms with E-state index in [1.807, 2.05) is 38.1 Å². The van der Waals surface area contributed by atoms with Gasteiger partial charge < -0.3 is 14.4 Å². The summed E-state index contributed by atoms with van der Waals surface area (Å²) < 4.78 is 11.8. The fourth-order valence-corrected chi connectivity index (χ4v) is 5.59. The fourth-order valence-electron chi connectivity index (χ4n) is 4.70. The second-order valence-corrected chi connectivity index (χ2v) is 10.7. The first-order valence-corrected chi connectivity index (χ1v) is 13.1. The minimum Gasteiger partial charge on any atom is -0.489 e. The Balaban J connectivity index is 1.35. The van der Waals surface area contributed by atoms with Gasteiger partial charge in [0, 0.05) is 16.5 Å². The summed E-state index contributed by atoms with van der Waals surface area (Å²) in [6.45, 7) is 4.25. The number of ether oxygens (including phenoxy) is 1. The molecule has 4 aromatic rings. The maximum atomic E-state index is 11.3. The maximum Gasteiger partial charge on any atom is 0.335 e. The lowest BCUT2D eigenvalue weighted by Gasteiger charge is -2.12. The fraction of sp³-hybridized carbons (Fsp3) is 0.241. The molecule has 37 heavy (non-hydrogen) atoms. The quantitative estimate of drug-likeness (QED) is 0.234. The standard InChI is InChI=1S/C29H24Cl3NO4/c1-15(2)28-22(27(33-37-28)26-23(30)7-4-8-24(26)31)14-36-18-9-10-19(25(32)12-18)21-13-20(21)16-5-3-6-17(11-16)29(34)35/h3-12,15,20-21H,13-14H2,1-2H3,(H,34,35). The third-order valence-electron chi connectivity index (χ3n) is 6.65. The number of hydrogen-bond donors (Lipinski definition) is 1. The molecule has 0 aliphatic heterocycles. The van der Waals surface area contributed by atoms with Crippen LogP contribution in [0, 0.1) is 0 Å². The lowest BCUT2D eigenvalue weighted by Crippen LogP contribution is -2.01. The molecule has 2 unspecified atom stereocenters. The van der Waals surface area contributed by atoms with Crippen LogP contribution >= 0.6 is 34.8 Å². The predicted octanol–water partition coefficient (Wildman–Crippen LogP) is 8.97. The molecule has 0 bridgehead atoms. The van der Waals surface area contributed by atoms with Crippen LogP contribution in [0.3, 0.4) is 0 Å². The van der Waals surface area contributed by atoms with Crippen molar-refractivity contribution in [2.75, 3.05) is 0 Å². The van der Waals surface area contributed by atoms with Crippen molar-refractivity contribution in [3.63, 3.8) is 0 Å². The highest BCUT2D eigenvalue weighted by Gasteiger charge is 2.40. The number of rotatable bonds is 8. The lowest BCUT2D eigenvalue weighted by atomic mass is 10.0. The van der Waals surface area contributed by atoms with Gasteiger partial charge >= 0.3 is 5.97 Å². The zero-order chi connectivity index (χ0) is 26.3. The number of hydrogen-bond acceptors (Lipinski definition) is 4. The highest BCUT2D eigenvalue weighted by Crippen LogP contribution is 2.56. The summed E-state index contributed by atoms with van der Waals surface area (Å²) in [5.74, 6) is 0.969. The molecule has 1 aliphatic rings. The molecular weight excluding hydrogens is 533 g/mol. The molecule has 0 saturated heterocycles. The molecule has 1 aromatic heterocycles. The van der Waals surface area contributed by atoms with Crippen molar-refractivity contribution in [2.24, 2.45) is 0 Å². The van der Waals surface area contributed by atoms with Crippen LogP contribution in [0.4, 0.5) is 0 Å². The van der Waals surface area contributed by atoms with Crippen LogP contribution < -0.4 is 4.74 Å². The number of aromatic carboxylic acids is 1. The van der Waals surface area contributed by atoms with Gasteiger partial charge in [0.1, 0.15) is 23.8 Å². The Kier molecular flexibility index (Phi) is 7.21. The van der Waals surface area contributed by atoms with Crippen LogP contribution in [0.25, 0.3) is 11.3 Å². The van der Waals surface area contributed by atoms with Crippen LogP contribution in [0.5, 0.6) is 5.75 Å². The highest BCUT2D eigenvalue weighted by molar-refractivity contribution is 6.39. The third kappa shape index (κ3) is 5.22. The van der Waals surface area contributed by atoms with Gasteiger partial charge in [-0.2, -0.15) is 0 Å². The first-order valence-electron chi connectivity index (χ1n) is 11.9. The van der Waals surface area contributed by atoms with Crippen molar-refractivity contribution in [1.29, 1.82) is 0 Å². The van der Waals surface area contributed by atoms with Crippen molar-refractivity contribution in [1.82, 2.24) is 5.16 Å². The molecule has 2 atom stereocenters. The smallest absolute Gasteiger partial charge is 0.335 e. The SMILES string of the molecule is CC(C)c1onc(-c2c(Cl)cccc2Cl)c1COc1ccc(C2CC2c2cccc(C(=O)O)c2)c(Cl)c1. The number of carbonyl (C=O) groups is 1. The molecule has 1 heterocycles. The largest absolute Gasteiger partial charge is 0.489 e. The zero-order valence-electron chi connectivity index (χ0n) is 20.2. The van der Waals surface area contributed by atoms with Crippen LogP contribution in [0.1, 0.15) is 70.8 Å². The Morgan fingerprint density at radius 2 is 1.76 bits per heavy atom. The molecule has 1 aliphatic carbocycles. The number of halogens is 3. The van der Waals surface area contributed by atoms with Crippen molar-refractivity contribution < 1.29 is 19.2 Å². The van der Waals surface area contributed by atoms with E-state index in [0.29, 0.717) is 43.4 Å². The Labute approximate surface area is 229 Å². The van der Waals surface area contributed by atoms with E-state index in [4.69, 9.17) is 44.1 Å². The van der Waals surface area contributed by atoms with Gasteiger partial charge in [-0.05, 0) is 65.8 Å². The van der Waals surface area contributed by atoms with Gasteiger partial charge in [-0.3, -0.25) is 0 Å². The monoisotopic (exact) mass is 555 g/mol. The van der Waals surface area contributed by atoms with E-state index in [1.165, 1.54) is 0 Å². The number of carboxylic acid groups (broad SMARTS) is 1. The number of nitrogens with zero attached hydrogens (tertiary/aromatic N) is 1. The molecule has 1 saturated carbocycles. The Morgan fingerprint density at radius 3 is 2.43 bits per heavy atom. The molecular formula is C29H24Cl3NO4. The Hall–Kier alpha value is -2.99. The minimum absolute atomic E-state index is 0.0820.